The number of hydrogen-bond donors (Lipinski definition) is 0. The van der Waals surface area contributed by atoms with Crippen molar-refractivity contribution in [3.63, 3.8) is 0 Å². The van der Waals surface area contributed by atoms with Crippen LogP contribution in [0.4, 0.5) is 4.39 Å². The van der Waals surface area contributed by atoms with Crippen molar-refractivity contribution in [2.45, 2.75) is 11.8 Å². The summed E-state index contributed by atoms with van der Waals surface area (Å²) in [6.07, 6.45) is 0. The lowest BCUT2D eigenvalue weighted by molar-refractivity contribution is 0.626. The Balaban J connectivity index is 2.39. The van der Waals surface area contributed by atoms with Gasteiger partial charge in [0.2, 0.25) is 0 Å². The molecule has 0 nitrogen and oxygen atoms in total. The Labute approximate surface area is 125 Å². The first-order valence-electron chi connectivity index (χ1n) is 4.84. The normalized spacial score (nSPS) is 12.8. The van der Waals surface area contributed by atoms with Crippen LogP contribution in [0.25, 0.3) is 0 Å². The number of thiophene rings is 1. The van der Waals surface area contributed by atoms with Gasteiger partial charge in [0.1, 0.15) is 5.82 Å². The molecule has 0 aliphatic heterocycles. The molecule has 2 rings (SSSR count). The summed E-state index contributed by atoms with van der Waals surface area (Å²) in [6, 6.07) is 6.72. The molecule has 1 atom stereocenters. The first-order valence-corrected chi connectivity index (χ1v) is 7.74. The largest absolute Gasteiger partial charge is 0.207 e. The van der Waals surface area contributed by atoms with E-state index in [2.05, 4.69) is 31.9 Å². The maximum atomic E-state index is 13.0. The van der Waals surface area contributed by atoms with Gasteiger partial charge >= 0.3 is 0 Å². The molecule has 0 amide bonds. The van der Waals surface area contributed by atoms with Crippen molar-refractivity contribution in [3.8, 4) is 0 Å². The Bertz CT molecular complexity index is 534. The molecule has 1 unspecified atom stereocenters. The van der Waals surface area contributed by atoms with E-state index < -0.39 is 0 Å². The third kappa shape index (κ3) is 2.92. The highest BCUT2D eigenvalue weighted by molar-refractivity contribution is 9.11. The third-order valence-electron chi connectivity index (χ3n) is 2.42. The Kier molecular flexibility index (Phi) is 4.29. The minimum Gasteiger partial charge on any atom is -0.207 e. The fraction of sp³-hybridized carbons (Fsp3) is 0.167. The SMILES string of the molecule is Cc1cc(F)ccc1C(Br)c1cc(Cl)c(Br)s1. The molecule has 0 saturated heterocycles. The highest BCUT2D eigenvalue weighted by atomic mass is 79.9. The summed E-state index contributed by atoms with van der Waals surface area (Å²) in [7, 11) is 0. The van der Waals surface area contributed by atoms with Gasteiger partial charge in [0.15, 0.2) is 0 Å². The van der Waals surface area contributed by atoms with Gasteiger partial charge in [-0.2, -0.15) is 0 Å². The van der Waals surface area contributed by atoms with Crippen LogP contribution in [-0.2, 0) is 0 Å². The predicted octanol–water partition coefficient (Wildman–Crippen LogP) is 6.10. The van der Waals surface area contributed by atoms with Crippen LogP contribution in [0.1, 0.15) is 20.8 Å². The van der Waals surface area contributed by atoms with Gasteiger partial charge < -0.3 is 0 Å². The minimum absolute atomic E-state index is 0.0388. The van der Waals surface area contributed by atoms with Crippen molar-refractivity contribution in [2.24, 2.45) is 0 Å². The zero-order valence-electron chi connectivity index (χ0n) is 8.81. The highest BCUT2D eigenvalue weighted by Crippen LogP contribution is 2.42. The zero-order chi connectivity index (χ0) is 12.6. The molecule has 0 aliphatic carbocycles. The maximum Gasteiger partial charge on any atom is 0.123 e. The maximum absolute atomic E-state index is 13.0. The topological polar surface area (TPSA) is 0 Å². The van der Waals surface area contributed by atoms with Crippen LogP contribution in [0, 0.1) is 12.7 Å². The fourth-order valence-electron chi connectivity index (χ4n) is 1.56. The van der Waals surface area contributed by atoms with Crippen LogP contribution in [0.5, 0.6) is 0 Å². The van der Waals surface area contributed by atoms with Crippen molar-refractivity contribution in [1.29, 1.82) is 0 Å². The second-order valence-corrected chi connectivity index (χ2v) is 7.36. The summed E-state index contributed by atoms with van der Waals surface area (Å²) in [5.74, 6) is -0.212. The van der Waals surface area contributed by atoms with E-state index in [9.17, 15) is 4.39 Å². The number of hydrogen-bond acceptors (Lipinski definition) is 1. The van der Waals surface area contributed by atoms with E-state index in [0.717, 1.165) is 19.8 Å². The summed E-state index contributed by atoms with van der Waals surface area (Å²) in [6.45, 7) is 1.90. The molecule has 1 aromatic heterocycles. The molecular formula is C12H8Br2ClFS. The molecule has 0 spiro atoms. The van der Waals surface area contributed by atoms with Crippen molar-refractivity contribution < 1.29 is 4.39 Å². The number of alkyl halides is 1. The molecule has 0 radical (unpaired) electrons. The molecule has 0 bridgehead atoms. The van der Waals surface area contributed by atoms with E-state index in [1.807, 2.05) is 13.0 Å². The van der Waals surface area contributed by atoms with Crippen LogP contribution in [0.3, 0.4) is 0 Å². The van der Waals surface area contributed by atoms with Gasteiger partial charge in [-0.3, -0.25) is 0 Å². The molecule has 1 heterocycles. The number of halogens is 4. The third-order valence-corrected chi connectivity index (χ3v) is 6.25. The van der Waals surface area contributed by atoms with E-state index in [0.29, 0.717) is 5.02 Å². The summed E-state index contributed by atoms with van der Waals surface area (Å²) < 4.78 is 14.0. The molecule has 0 N–H and O–H groups in total. The average molecular weight is 399 g/mol. The van der Waals surface area contributed by atoms with Crippen LogP contribution >= 0.6 is 54.8 Å². The molecule has 0 aliphatic rings. The van der Waals surface area contributed by atoms with E-state index in [-0.39, 0.29) is 10.6 Å². The monoisotopic (exact) mass is 396 g/mol. The van der Waals surface area contributed by atoms with Gasteiger partial charge in [-0.1, -0.05) is 33.6 Å². The molecule has 90 valence electrons. The Morgan fingerprint density at radius 2 is 2.06 bits per heavy atom. The number of rotatable bonds is 2. The van der Waals surface area contributed by atoms with E-state index in [1.54, 1.807) is 17.4 Å². The van der Waals surface area contributed by atoms with Gasteiger partial charge in [-0.05, 0) is 52.2 Å². The Morgan fingerprint density at radius 1 is 1.35 bits per heavy atom. The quantitative estimate of drug-likeness (QED) is 0.537. The molecule has 2 aromatic rings. The molecule has 1 aromatic carbocycles. The predicted molar refractivity (Wildman–Crippen MR) is 78.9 cm³/mol. The molecule has 0 fully saturated rings. The molecule has 17 heavy (non-hydrogen) atoms. The highest BCUT2D eigenvalue weighted by Gasteiger charge is 2.17. The van der Waals surface area contributed by atoms with E-state index in [4.69, 9.17) is 11.6 Å². The Morgan fingerprint density at radius 3 is 2.59 bits per heavy atom. The fourth-order valence-corrected chi connectivity index (χ4v) is 4.23. The second-order valence-electron chi connectivity index (χ2n) is 3.63. The summed E-state index contributed by atoms with van der Waals surface area (Å²) in [4.78, 5) is 1.13. The van der Waals surface area contributed by atoms with Crippen LogP contribution < -0.4 is 0 Å². The van der Waals surface area contributed by atoms with Gasteiger partial charge in [0.25, 0.3) is 0 Å². The van der Waals surface area contributed by atoms with Crippen molar-refractivity contribution in [3.05, 3.63) is 54.9 Å². The standard InChI is InChI=1S/C12H8Br2ClFS/c1-6-4-7(16)2-3-8(6)11(13)10-5-9(15)12(14)17-10/h2-5,11H,1H3. The smallest absolute Gasteiger partial charge is 0.123 e. The summed E-state index contributed by atoms with van der Waals surface area (Å²) >= 11 is 14.6. The van der Waals surface area contributed by atoms with Crippen molar-refractivity contribution >= 4 is 54.8 Å². The first kappa shape index (κ1) is 13.5. The van der Waals surface area contributed by atoms with E-state index in [1.165, 1.54) is 12.1 Å². The number of benzene rings is 1. The summed E-state index contributed by atoms with van der Waals surface area (Å²) in [5, 5.41) is 0.703. The van der Waals surface area contributed by atoms with Crippen LogP contribution in [-0.4, -0.2) is 0 Å². The second kappa shape index (κ2) is 5.39. The number of aryl methyl sites for hydroxylation is 1. The Hall–Kier alpha value is 0.1000. The van der Waals surface area contributed by atoms with E-state index >= 15 is 0 Å². The van der Waals surface area contributed by atoms with Gasteiger partial charge in [0, 0.05) is 4.88 Å². The zero-order valence-corrected chi connectivity index (χ0v) is 13.6. The molecule has 0 saturated carbocycles. The molecular weight excluding hydrogens is 390 g/mol. The lowest BCUT2D eigenvalue weighted by atomic mass is 10.0. The van der Waals surface area contributed by atoms with Gasteiger partial charge in [-0.25, -0.2) is 4.39 Å². The van der Waals surface area contributed by atoms with Crippen LogP contribution in [0.15, 0.2) is 28.1 Å². The summed E-state index contributed by atoms with van der Waals surface area (Å²) in [5.41, 5.74) is 1.98. The average Bonchev–Trinajstić information content (AvgIpc) is 2.58. The van der Waals surface area contributed by atoms with Crippen molar-refractivity contribution in [2.75, 3.05) is 0 Å². The first-order chi connectivity index (χ1) is 7.99. The van der Waals surface area contributed by atoms with Gasteiger partial charge in [0.05, 0.1) is 13.6 Å². The minimum atomic E-state index is -0.212. The van der Waals surface area contributed by atoms with Crippen LogP contribution in [0.2, 0.25) is 5.02 Å². The lowest BCUT2D eigenvalue weighted by Crippen LogP contribution is -1.94. The lowest BCUT2D eigenvalue weighted by Gasteiger charge is -2.11. The van der Waals surface area contributed by atoms with Crippen molar-refractivity contribution in [1.82, 2.24) is 0 Å². The molecule has 5 heteroatoms. The van der Waals surface area contributed by atoms with Gasteiger partial charge in [-0.15, -0.1) is 11.3 Å².